The second kappa shape index (κ2) is 9.30. The molecule has 23 heavy (non-hydrogen) atoms. The fourth-order valence-corrected chi connectivity index (χ4v) is 2.64. The Bertz CT molecular complexity index is 512. The summed E-state index contributed by atoms with van der Waals surface area (Å²) < 4.78 is 0. The highest BCUT2D eigenvalue weighted by Gasteiger charge is 2.26. The Balaban J connectivity index is 2.78. The van der Waals surface area contributed by atoms with Gasteiger partial charge in [0.2, 0.25) is 0 Å². The van der Waals surface area contributed by atoms with Crippen LogP contribution in [0.3, 0.4) is 0 Å². The summed E-state index contributed by atoms with van der Waals surface area (Å²) in [5, 5.41) is 4.13. The number of carbonyl (C=O) groups excluding carboxylic acids is 2. The van der Waals surface area contributed by atoms with Gasteiger partial charge < -0.3 is 11.1 Å². The van der Waals surface area contributed by atoms with Crippen molar-refractivity contribution in [3.05, 3.63) is 35.4 Å². The first-order valence-corrected chi connectivity index (χ1v) is 8.39. The number of unbranched alkanes of at least 4 members (excludes halogenated alkanes) is 1. The molecule has 1 rings (SSSR count). The molecule has 0 radical (unpaired) electrons. The normalized spacial score (nSPS) is 13.6. The predicted molar refractivity (Wildman–Crippen MR) is 91.7 cm³/mol. The van der Waals surface area contributed by atoms with Crippen molar-refractivity contribution in [1.82, 2.24) is 5.32 Å². The fourth-order valence-electron chi connectivity index (χ4n) is 2.64. The molecule has 5 nitrogen and oxygen atoms in total. The number of hydrogen-bond donors (Lipinski definition) is 3. The van der Waals surface area contributed by atoms with Gasteiger partial charge in [0.05, 0.1) is 0 Å². The molecule has 0 aliphatic heterocycles. The maximum Gasteiger partial charge on any atom is 0.319 e. The van der Waals surface area contributed by atoms with Gasteiger partial charge in [0.25, 0.3) is 5.91 Å². The Morgan fingerprint density at radius 3 is 2.26 bits per heavy atom. The van der Waals surface area contributed by atoms with Crippen LogP contribution in [0, 0.1) is 5.92 Å². The number of amides is 3. The lowest BCUT2D eigenvalue weighted by atomic mass is 9.94. The number of nitrogens with one attached hydrogen (secondary N) is 1. The van der Waals surface area contributed by atoms with Crippen molar-refractivity contribution in [1.29, 1.82) is 0 Å². The minimum absolute atomic E-state index is 0.156. The Morgan fingerprint density at radius 1 is 1.17 bits per heavy atom. The van der Waals surface area contributed by atoms with Gasteiger partial charge in [-0.25, -0.2) is 4.79 Å². The van der Waals surface area contributed by atoms with Crippen molar-refractivity contribution >= 4 is 11.9 Å². The number of urea groups is 1. The van der Waals surface area contributed by atoms with Crippen LogP contribution in [0.5, 0.6) is 0 Å². The molecular formula is C18H30N3O2+. The van der Waals surface area contributed by atoms with Gasteiger partial charge >= 0.3 is 6.03 Å². The summed E-state index contributed by atoms with van der Waals surface area (Å²) in [5.74, 6) is 0.00281. The maximum atomic E-state index is 11.9. The quantitative estimate of drug-likeness (QED) is 0.682. The van der Waals surface area contributed by atoms with E-state index in [2.05, 4.69) is 50.4 Å². The Labute approximate surface area is 139 Å². The van der Waals surface area contributed by atoms with Crippen LogP contribution in [0.4, 0.5) is 4.79 Å². The van der Waals surface area contributed by atoms with Crippen LogP contribution in [0.15, 0.2) is 24.3 Å². The van der Waals surface area contributed by atoms with Gasteiger partial charge in [-0.05, 0) is 25.3 Å². The Kier molecular flexibility index (Phi) is 7.75. The number of aryl methyl sites for hydroxylation is 1. The zero-order valence-corrected chi connectivity index (χ0v) is 14.6. The highest BCUT2D eigenvalue weighted by atomic mass is 16.2. The topological polar surface area (TPSA) is 88.8 Å². The third-order valence-electron chi connectivity index (χ3n) is 4.06. The third kappa shape index (κ3) is 6.40. The SMILES string of the molecule is CCCCc1ccc([C@H]([NH2+][C@H](C)C(=O)NC(N)=O)C(C)C)cc1. The summed E-state index contributed by atoms with van der Waals surface area (Å²) in [5.41, 5.74) is 7.54. The van der Waals surface area contributed by atoms with Crippen LogP contribution >= 0.6 is 0 Å². The molecule has 0 aliphatic carbocycles. The molecule has 5 heteroatoms. The molecule has 0 unspecified atom stereocenters. The van der Waals surface area contributed by atoms with Crippen molar-refractivity contribution in [2.45, 2.75) is 59.0 Å². The average Bonchev–Trinajstić information content (AvgIpc) is 2.50. The summed E-state index contributed by atoms with van der Waals surface area (Å²) in [6, 6.07) is 7.59. The maximum absolute atomic E-state index is 11.9. The fraction of sp³-hybridized carbons (Fsp3) is 0.556. The molecule has 3 amide bonds. The summed E-state index contributed by atoms with van der Waals surface area (Å²) in [6.45, 7) is 8.23. The molecule has 5 N–H and O–H groups in total. The number of rotatable bonds is 8. The van der Waals surface area contributed by atoms with Crippen molar-refractivity contribution in [2.24, 2.45) is 11.7 Å². The number of primary amides is 1. The molecule has 0 bridgehead atoms. The molecule has 0 aliphatic rings. The second-order valence-corrected chi connectivity index (χ2v) is 6.45. The van der Waals surface area contributed by atoms with E-state index in [4.69, 9.17) is 5.73 Å². The summed E-state index contributed by atoms with van der Waals surface area (Å²) in [7, 11) is 0. The molecule has 2 atom stereocenters. The van der Waals surface area contributed by atoms with Crippen molar-refractivity contribution in [2.75, 3.05) is 0 Å². The van der Waals surface area contributed by atoms with Gasteiger partial charge in [-0.3, -0.25) is 10.1 Å². The van der Waals surface area contributed by atoms with E-state index in [-0.39, 0.29) is 18.0 Å². The number of quaternary nitrogens is 1. The summed E-state index contributed by atoms with van der Waals surface area (Å²) in [4.78, 5) is 22.7. The third-order valence-corrected chi connectivity index (χ3v) is 4.06. The minimum Gasteiger partial charge on any atom is -0.351 e. The Morgan fingerprint density at radius 2 is 1.78 bits per heavy atom. The van der Waals surface area contributed by atoms with Gasteiger partial charge in [-0.15, -0.1) is 0 Å². The number of hydrogen-bond acceptors (Lipinski definition) is 2. The summed E-state index contributed by atoms with van der Waals surface area (Å²) in [6.07, 6.45) is 3.49. The zero-order valence-electron chi connectivity index (χ0n) is 14.6. The Hall–Kier alpha value is -1.88. The van der Waals surface area contributed by atoms with Crippen molar-refractivity contribution in [3.8, 4) is 0 Å². The molecule has 1 aromatic rings. The van der Waals surface area contributed by atoms with Gasteiger partial charge in [0.15, 0.2) is 6.04 Å². The lowest BCUT2D eigenvalue weighted by Gasteiger charge is -2.23. The largest absolute Gasteiger partial charge is 0.351 e. The van der Waals surface area contributed by atoms with Crippen molar-refractivity contribution < 1.29 is 14.9 Å². The molecule has 128 valence electrons. The first-order chi connectivity index (χ1) is 10.8. The lowest BCUT2D eigenvalue weighted by Crippen LogP contribution is -2.93. The van der Waals surface area contributed by atoms with E-state index < -0.39 is 6.03 Å². The van der Waals surface area contributed by atoms with Gasteiger partial charge in [-0.1, -0.05) is 51.5 Å². The van der Waals surface area contributed by atoms with E-state index in [0.717, 1.165) is 6.42 Å². The minimum atomic E-state index is -0.809. The van der Waals surface area contributed by atoms with Crippen LogP contribution in [0.25, 0.3) is 0 Å². The lowest BCUT2D eigenvalue weighted by molar-refractivity contribution is -0.719. The van der Waals surface area contributed by atoms with E-state index in [0.29, 0.717) is 5.92 Å². The number of imide groups is 1. The highest BCUT2D eigenvalue weighted by molar-refractivity contribution is 5.95. The van der Waals surface area contributed by atoms with Crippen LogP contribution in [-0.4, -0.2) is 18.0 Å². The molecule has 0 fully saturated rings. The average molecular weight is 320 g/mol. The first kappa shape index (κ1) is 19.2. The smallest absolute Gasteiger partial charge is 0.319 e. The monoisotopic (exact) mass is 320 g/mol. The van der Waals surface area contributed by atoms with E-state index in [1.54, 1.807) is 6.92 Å². The molecule has 1 aromatic carbocycles. The molecule has 0 saturated carbocycles. The van der Waals surface area contributed by atoms with Crippen LogP contribution < -0.4 is 16.4 Å². The number of benzene rings is 1. The van der Waals surface area contributed by atoms with Gasteiger partial charge in [0, 0.05) is 11.5 Å². The molecule has 0 heterocycles. The van der Waals surface area contributed by atoms with E-state index in [9.17, 15) is 9.59 Å². The van der Waals surface area contributed by atoms with E-state index in [1.807, 2.05) is 5.32 Å². The standard InChI is InChI=1S/C18H29N3O2/c1-5-6-7-14-8-10-15(11-9-14)16(12(2)3)20-13(4)17(22)21-18(19)23/h8-13,16,20H,5-7H2,1-4H3,(H3,19,21,22,23)/p+1/t13-,16-/m1/s1. The highest BCUT2D eigenvalue weighted by Crippen LogP contribution is 2.19. The zero-order chi connectivity index (χ0) is 17.4. The first-order valence-electron chi connectivity index (χ1n) is 8.39. The van der Waals surface area contributed by atoms with Crippen LogP contribution in [0.2, 0.25) is 0 Å². The predicted octanol–water partition coefficient (Wildman–Crippen LogP) is 1.87. The molecule has 0 saturated heterocycles. The van der Waals surface area contributed by atoms with Crippen LogP contribution in [-0.2, 0) is 11.2 Å². The van der Waals surface area contributed by atoms with Gasteiger partial charge in [0.1, 0.15) is 6.04 Å². The number of nitrogens with two attached hydrogens (primary N) is 2. The molecule has 0 spiro atoms. The van der Waals surface area contributed by atoms with Crippen LogP contribution in [0.1, 0.15) is 57.7 Å². The van der Waals surface area contributed by atoms with Gasteiger partial charge in [-0.2, -0.15) is 0 Å². The van der Waals surface area contributed by atoms with E-state index >= 15 is 0 Å². The summed E-state index contributed by atoms with van der Waals surface area (Å²) >= 11 is 0. The molecule has 0 aromatic heterocycles. The number of carbonyl (C=O) groups is 2. The molecular weight excluding hydrogens is 290 g/mol. The van der Waals surface area contributed by atoms with Crippen molar-refractivity contribution in [3.63, 3.8) is 0 Å². The van der Waals surface area contributed by atoms with E-state index in [1.165, 1.54) is 24.0 Å². The second-order valence-electron chi connectivity index (χ2n) is 6.45.